The third kappa shape index (κ3) is 7.75. The van der Waals surface area contributed by atoms with Crippen molar-refractivity contribution in [2.24, 2.45) is 0 Å². The Balaban J connectivity index is 1.17. The highest BCUT2D eigenvalue weighted by Crippen LogP contribution is 2.40. The van der Waals surface area contributed by atoms with Crippen LogP contribution in [0.25, 0.3) is 11.4 Å². The summed E-state index contributed by atoms with van der Waals surface area (Å²) >= 11 is 0. The Hall–Kier alpha value is -3.66. The Labute approximate surface area is 242 Å². The minimum absolute atomic E-state index is 0.0414. The molecule has 41 heavy (non-hydrogen) atoms. The predicted octanol–water partition coefficient (Wildman–Crippen LogP) is 2.61. The van der Waals surface area contributed by atoms with E-state index < -0.39 is 6.04 Å². The normalized spacial score (nSPS) is 19.5. The smallest absolute Gasteiger partial charge is 0.251 e. The van der Waals surface area contributed by atoms with Crippen LogP contribution < -0.4 is 10.6 Å². The van der Waals surface area contributed by atoms with Crippen molar-refractivity contribution in [2.75, 3.05) is 45.9 Å². The second-order valence-electron chi connectivity index (χ2n) is 11.0. The monoisotopic (exact) mass is 556 g/mol. The van der Waals surface area contributed by atoms with E-state index in [1.807, 2.05) is 17.0 Å². The number of aliphatic hydroxyl groups is 1. The number of rotatable bonds is 12. The summed E-state index contributed by atoms with van der Waals surface area (Å²) in [6.07, 6.45) is 5.84. The van der Waals surface area contributed by atoms with Crippen molar-refractivity contribution in [1.29, 1.82) is 0 Å². The molecule has 1 aromatic heterocycles. The number of carbonyl (C=O) groups excluding carboxylic acids is 2. The van der Waals surface area contributed by atoms with Crippen molar-refractivity contribution in [1.82, 2.24) is 30.4 Å². The van der Waals surface area contributed by atoms with Crippen LogP contribution in [0.4, 0.5) is 0 Å². The Kier molecular flexibility index (Phi) is 9.71. The van der Waals surface area contributed by atoms with Crippen molar-refractivity contribution in [3.8, 4) is 11.4 Å². The van der Waals surface area contributed by atoms with Crippen LogP contribution in [0, 0.1) is 6.92 Å². The van der Waals surface area contributed by atoms with Gasteiger partial charge in [-0.3, -0.25) is 14.5 Å². The first-order chi connectivity index (χ1) is 20.0. The van der Waals surface area contributed by atoms with Crippen LogP contribution in [0.1, 0.15) is 46.7 Å². The van der Waals surface area contributed by atoms with Gasteiger partial charge in [-0.1, -0.05) is 42.0 Å². The van der Waals surface area contributed by atoms with Crippen LogP contribution in [0.15, 0.2) is 67.0 Å². The molecular formula is C32H40N6O3. The first-order valence-electron chi connectivity index (χ1n) is 14.6. The molecule has 3 N–H and O–H groups in total. The van der Waals surface area contributed by atoms with Gasteiger partial charge in [-0.05, 0) is 56.5 Å². The summed E-state index contributed by atoms with van der Waals surface area (Å²) in [6.45, 7) is 6.25. The fourth-order valence-electron chi connectivity index (χ4n) is 5.47. The molecule has 1 saturated carbocycles. The number of hydrogen-bond donors (Lipinski definition) is 3. The summed E-state index contributed by atoms with van der Waals surface area (Å²) in [5.74, 6) is 0.838. The third-order valence-corrected chi connectivity index (χ3v) is 8.05. The van der Waals surface area contributed by atoms with Gasteiger partial charge in [0.25, 0.3) is 5.91 Å². The van der Waals surface area contributed by atoms with Crippen LogP contribution in [-0.2, 0) is 4.79 Å². The molecule has 0 bridgehead atoms. The molecule has 1 aliphatic carbocycles. The second-order valence-corrected chi connectivity index (χ2v) is 11.0. The van der Waals surface area contributed by atoms with E-state index in [0.29, 0.717) is 49.4 Å². The maximum atomic E-state index is 13.6. The van der Waals surface area contributed by atoms with E-state index in [1.165, 1.54) is 11.1 Å². The minimum Gasteiger partial charge on any atom is -0.395 e. The molecule has 0 unspecified atom stereocenters. The molecular weight excluding hydrogens is 516 g/mol. The summed E-state index contributed by atoms with van der Waals surface area (Å²) in [4.78, 5) is 39.3. The van der Waals surface area contributed by atoms with Crippen molar-refractivity contribution < 1.29 is 14.7 Å². The molecule has 216 valence electrons. The number of carbonyl (C=O) groups is 2. The predicted molar refractivity (Wildman–Crippen MR) is 158 cm³/mol. The maximum absolute atomic E-state index is 13.6. The maximum Gasteiger partial charge on any atom is 0.251 e. The minimum atomic E-state index is -0.599. The molecule has 9 heteroatoms. The topological polar surface area (TPSA) is 111 Å². The molecule has 9 nitrogen and oxygen atoms in total. The summed E-state index contributed by atoms with van der Waals surface area (Å²) in [5.41, 5.74) is 3.96. The number of benzene rings is 2. The number of nitrogens with zero attached hydrogens (tertiary/aromatic N) is 4. The number of amides is 2. The van der Waals surface area contributed by atoms with E-state index in [-0.39, 0.29) is 18.4 Å². The molecule has 2 aromatic carbocycles. The molecule has 3 atom stereocenters. The molecule has 3 aromatic rings. The highest BCUT2D eigenvalue weighted by atomic mass is 16.3. The zero-order valence-electron chi connectivity index (χ0n) is 23.7. The summed E-state index contributed by atoms with van der Waals surface area (Å²) in [5, 5.41) is 15.9. The highest BCUT2D eigenvalue weighted by Gasteiger charge is 2.37. The largest absolute Gasteiger partial charge is 0.395 e. The Morgan fingerprint density at radius 2 is 1.71 bits per heavy atom. The van der Waals surface area contributed by atoms with Crippen LogP contribution in [-0.4, -0.2) is 94.6 Å². The molecule has 2 aliphatic rings. The molecule has 2 fully saturated rings. The average molecular weight is 557 g/mol. The first-order valence-corrected chi connectivity index (χ1v) is 14.6. The highest BCUT2D eigenvalue weighted by molar-refractivity contribution is 5.97. The number of aromatic nitrogens is 2. The Morgan fingerprint density at radius 1 is 1.00 bits per heavy atom. The van der Waals surface area contributed by atoms with Gasteiger partial charge in [-0.25, -0.2) is 9.97 Å². The lowest BCUT2D eigenvalue weighted by atomic mass is 10.1. The van der Waals surface area contributed by atoms with Gasteiger partial charge in [0, 0.05) is 68.2 Å². The summed E-state index contributed by atoms with van der Waals surface area (Å²) < 4.78 is 0. The standard InChI is InChI=1S/C32H40N6O3/c1-23-5-7-24(8-6-23)27-22-29(27)33-13-2-4-28(32(41)38-18-16-37(17-19-38)20-21-39)36-31(40)26-11-9-25(10-12-26)30-34-14-3-15-35-30/h3,5-12,14-15,27-29,33,39H,2,4,13,16-22H2,1H3,(H,36,40)/t27-,28-,29+/m0/s1. The fraction of sp³-hybridized carbons (Fsp3) is 0.438. The Bertz CT molecular complexity index is 1280. The van der Waals surface area contributed by atoms with E-state index in [9.17, 15) is 14.7 Å². The van der Waals surface area contributed by atoms with Crippen molar-refractivity contribution in [3.63, 3.8) is 0 Å². The van der Waals surface area contributed by atoms with Gasteiger partial charge in [0.05, 0.1) is 6.61 Å². The lowest BCUT2D eigenvalue weighted by Crippen LogP contribution is -2.55. The van der Waals surface area contributed by atoms with Gasteiger partial charge in [0.2, 0.25) is 5.91 Å². The number of aryl methyl sites for hydroxylation is 1. The van der Waals surface area contributed by atoms with Crippen LogP contribution in [0.5, 0.6) is 0 Å². The van der Waals surface area contributed by atoms with E-state index in [1.54, 1.807) is 30.6 Å². The van der Waals surface area contributed by atoms with Crippen molar-refractivity contribution >= 4 is 11.8 Å². The lowest BCUT2D eigenvalue weighted by molar-refractivity contribution is -0.135. The quantitative estimate of drug-likeness (QED) is 0.294. The molecule has 1 aliphatic heterocycles. The number of hydrogen-bond acceptors (Lipinski definition) is 7. The Morgan fingerprint density at radius 3 is 2.39 bits per heavy atom. The summed E-state index contributed by atoms with van der Waals surface area (Å²) in [7, 11) is 0. The van der Waals surface area contributed by atoms with Gasteiger partial charge in [-0.15, -0.1) is 0 Å². The number of aliphatic hydroxyl groups excluding tert-OH is 1. The van der Waals surface area contributed by atoms with E-state index in [4.69, 9.17) is 0 Å². The number of β-amino-alcohol motifs (C(OH)–C–C–N with tert-alkyl or cyclic N) is 1. The lowest BCUT2D eigenvalue weighted by Gasteiger charge is -2.36. The molecule has 1 saturated heterocycles. The van der Waals surface area contributed by atoms with Gasteiger partial charge in [-0.2, -0.15) is 0 Å². The zero-order chi connectivity index (χ0) is 28.6. The van der Waals surface area contributed by atoms with Crippen LogP contribution in [0.2, 0.25) is 0 Å². The molecule has 2 heterocycles. The average Bonchev–Trinajstić information content (AvgIpc) is 3.79. The van der Waals surface area contributed by atoms with E-state index in [0.717, 1.165) is 38.0 Å². The zero-order valence-corrected chi connectivity index (χ0v) is 23.7. The molecule has 2 amide bonds. The molecule has 0 spiro atoms. The van der Waals surface area contributed by atoms with Gasteiger partial charge in [0.15, 0.2) is 5.82 Å². The molecule has 5 rings (SSSR count). The fourth-order valence-corrected chi connectivity index (χ4v) is 5.47. The number of nitrogens with one attached hydrogen (secondary N) is 2. The van der Waals surface area contributed by atoms with Crippen molar-refractivity contribution in [3.05, 3.63) is 83.7 Å². The van der Waals surface area contributed by atoms with Gasteiger partial charge in [0.1, 0.15) is 6.04 Å². The summed E-state index contributed by atoms with van der Waals surface area (Å²) in [6, 6.07) is 17.5. The number of piperazine rings is 1. The van der Waals surface area contributed by atoms with Crippen LogP contribution in [0.3, 0.4) is 0 Å². The van der Waals surface area contributed by atoms with Gasteiger partial charge < -0.3 is 20.6 Å². The van der Waals surface area contributed by atoms with Crippen LogP contribution >= 0.6 is 0 Å². The third-order valence-electron chi connectivity index (χ3n) is 8.05. The molecule has 0 radical (unpaired) electrons. The van der Waals surface area contributed by atoms with E-state index in [2.05, 4.69) is 56.7 Å². The van der Waals surface area contributed by atoms with Crippen molar-refractivity contribution in [2.45, 2.75) is 44.2 Å². The van der Waals surface area contributed by atoms with Gasteiger partial charge >= 0.3 is 0 Å². The SMILES string of the molecule is Cc1ccc([C@@H]2C[C@H]2NCCC[C@H](NC(=O)c2ccc(-c3ncccn3)cc2)C(=O)N2CCN(CCO)CC2)cc1. The van der Waals surface area contributed by atoms with E-state index >= 15 is 0 Å². The second kappa shape index (κ2) is 13.8. The first kappa shape index (κ1) is 28.9.